The molecular weight excluding hydrogens is 557 g/mol. The number of nitrogens with one attached hydrogen (secondary N) is 1. The maximum atomic E-state index is 12.8. The largest absolute Gasteiger partial charge is 0.573 e. The minimum atomic E-state index is -4.77. The summed E-state index contributed by atoms with van der Waals surface area (Å²) < 4.78 is 42.5. The number of carbonyl (C=O) groups is 2. The molecule has 1 saturated heterocycles. The molecule has 0 unspecified atom stereocenters. The lowest BCUT2D eigenvalue weighted by Gasteiger charge is -2.21. The summed E-state index contributed by atoms with van der Waals surface area (Å²) in [5, 5.41) is 7.41. The van der Waals surface area contributed by atoms with E-state index in [-0.39, 0.29) is 17.4 Å². The number of urea groups is 1. The van der Waals surface area contributed by atoms with Crippen LogP contribution in [0.15, 0.2) is 78.0 Å². The zero-order valence-corrected chi connectivity index (χ0v) is 22.7. The van der Waals surface area contributed by atoms with Gasteiger partial charge in [-0.2, -0.15) is 4.99 Å². The number of aliphatic imine (C=N–C) groups is 1. The molecule has 5 rings (SSSR count). The van der Waals surface area contributed by atoms with E-state index in [4.69, 9.17) is 0 Å². The average Bonchev–Trinajstić information content (AvgIpc) is 3.56. The van der Waals surface area contributed by atoms with Crippen LogP contribution < -0.4 is 15.0 Å². The summed E-state index contributed by atoms with van der Waals surface area (Å²) >= 11 is 1.21. The van der Waals surface area contributed by atoms with E-state index < -0.39 is 12.4 Å². The lowest BCUT2D eigenvalue weighted by Crippen LogP contribution is -2.31. The molecular formula is C28H23F3N6O3S. The number of anilines is 2. The Balaban J connectivity index is 1.27. The Labute approximate surface area is 237 Å². The van der Waals surface area contributed by atoms with Crippen molar-refractivity contribution in [2.24, 2.45) is 4.99 Å². The summed E-state index contributed by atoms with van der Waals surface area (Å²) in [6, 6.07) is 17.2. The molecule has 0 atom stereocenters. The summed E-state index contributed by atoms with van der Waals surface area (Å²) in [5.41, 5.74) is 4.31. The molecule has 0 aliphatic carbocycles. The number of alkyl halides is 3. The first-order chi connectivity index (χ1) is 19.6. The van der Waals surface area contributed by atoms with Crippen molar-refractivity contribution in [2.45, 2.75) is 26.6 Å². The normalized spacial score (nSPS) is 14.5. The van der Waals surface area contributed by atoms with Gasteiger partial charge < -0.3 is 10.1 Å². The van der Waals surface area contributed by atoms with Gasteiger partial charge in [-0.15, -0.1) is 18.3 Å². The van der Waals surface area contributed by atoms with E-state index in [9.17, 15) is 22.8 Å². The minimum absolute atomic E-state index is 0.132. The van der Waals surface area contributed by atoms with Crippen LogP contribution in [0.4, 0.5) is 29.3 Å². The molecule has 13 heteroatoms. The van der Waals surface area contributed by atoms with Gasteiger partial charge >= 0.3 is 12.4 Å². The van der Waals surface area contributed by atoms with Crippen LogP contribution in [0.2, 0.25) is 0 Å². The molecule has 41 heavy (non-hydrogen) atoms. The number of nitrogens with zero attached hydrogens (tertiary/aromatic N) is 5. The lowest BCUT2D eigenvalue weighted by molar-refractivity contribution is -0.274. The highest BCUT2D eigenvalue weighted by atomic mass is 32.2. The number of thioether (sulfide) groups is 1. The SMILES string of the molecule is CCc1cccc(C)c1N1C(=O)CSC1=NC(=O)Nc1ccc(-c2ncn(-c3ccc(OC(F)(F)F)cc3)n2)cc1. The first kappa shape index (κ1) is 27.9. The van der Waals surface area contributed by atoms with Gasteiger partial charge in [0.15, 0.2) is 11.0 Å². The Kier molecular flexibility index (Phi) is 7.79. The molecule has 4 aromatic rings. The molecule has 1 N–H and O–H groups in total. The van der Waals surface area contributed by atoms with Crippen LogP contribution >= 0.6 is 11.8 Å². The van der Waals surface area contributed by atoms with Gasteiger partial charge in [0.2, 0.25) is 5.91 Å². The van der Waals surface area contributed by atoms with Crippen molar-refractivity contribution >= 4 is 40.2 Å². The second-order valence-electron chi connectivity index (χ2n) is 8.91. The number of hydrogen-bond donors (Lipinski definition) is 1. The van der Waals surface area contributed by atoms with Crippen molar-refractivity contribution in [3.63, 3.8) is 0 Å². The number of carbonyl (C=O) groups excluding carboxylic acids is 2. The summed E-state index contributed by atoms with van der Waals surface area (Å²) in [6.07, 6.45) is -2.60. The maximum absolute atomic E-state index is 12.8. The van der Waals surface area contributed by atoms with Crippen LogP contribution in [-0.4, -0.2) is 44.0 Å². The fourth-order valence-electron chi connectivity index (χ4n) is 4.25. The van der Waals surface area contributed by atoms with Crippen molar-refractivity contribution in [1.82, 2.24) is 14.8 Å². The Bertz CT molecular complexity index is 1620. The number of aromatic nitrogens is 3. The molecule has 0 radical (unpaired) electrons. The molecule has 3 aromatic carbocycles. The van der Waals surface area contributed by atoms with Crippen molar-refractivity contribution in [3.8, 4) is 22.8 Å². The number of aryl methyl sites for hydroxylation is 2. The van der Waals surface area contributed by atoms with Crippen LogP contribution in [0.25, 0.3) is 17.1 Å². The third-order valence-corrected chi connectivity index (χ3v) is 7.03. The van der Waals surface area contributed by atoms with Crippen LogP contribution in [0, 0.1) is 6.92 Å². The quantitative estimate of drug-likeness (QED) is 0.284. The summed E-state index contributed by atoms with van der Waals surface area (Å²) in [7, 11) is 0. The van der Waals surface area contributed by atoms with Gasteiger partial charge in [-0.25, -0.2) is 14.5 Å². The second kappa shape index (κ2) is 11.5. The van der Waals surface area contributed by atoms with Gasteiger partial charge in [0.25, 0.3) is 0 Å². The first-order valence-corrected chi connectivity index (χ1v) is 13.4. The van der Waals surface area contributed by atoms with Crippen LogP contribution in [0.1, 0.15) is 18.1 Å². The number of rotatable bonds is 6. The highest BCUT2D eigenvalue weighted by molar-refractivity contribution is 8.15. The highest BCUT2D eigenvalue weighted by Gasteiger charge is 2.33. The number of amides is 3. The number of halogens is 3. The monoisotopic (exact) mass is 580 g/mol. The maximum Gasteiger partial charge on any atom is 0.573 e. The fraction of sp³-hybridized carbons (Fsp3) is 0.179. The van der Waals surface area contributed by atoms with Crippen LogP contribution in [-0.2, 0) is 11.2 Å². The number of amidine groups is 1. The molecule has 1 fully saturated rings. The topological polar surface area (TPSA) is 102 Å². The third-order valence-electron chi connectivity index (χ3n) is 6.11. The van der Waals surface area contributed by atoms with E-state index in [0.29, 0.717) is 27.9 Å². The standard InChI is InChI=1S/C28H23F3N6O3S/c1-3-18-6-4-5-17(2)24(18)37-23(38)15-41-27(37)34-26(39)33-20-9-7-19(8-10-20)25-32-16-36(35-25)21-11-13-22(14-12-21)40-28(29,30)31/h4-14,16H,3,15H2,1-2H3,(H,33,39). The van der Waals surface area contributed by atoms with Crippen molar-refractivity contribution in [2.75, 3.05) is 16.0 Å². The molecule has 0 saturated carbocycles. The highest BCUT2D eigenvalue weighted by Crippen LogP contribution is 2.33. The minimum Gasteiger partial charge on any atom is -0.406 e. The molecule has 0 bridgehead atoms. The van der Waals surface area contributed by atoms with Gasteiger partial charge in [-0.3, -0.25) is 9.69 Å². The molecule has 1 aliphatic heterocycles. The van der Waals surface area contributed by atoms with E-state index >= 15 is 0 Å². The predicted octanol–water partition coefficient (Wildman–Crippen LogP) is 6.37. The summed E-state index contributed by atoms with van der Waals surface area (Å²) in [4.78, 5) is 35.4. The first-order valence-electron chi connectivity index (χ1n) is 12.4. The molecule has 3 amide bonds. The van der Waals surface area contributed by atoms with E-state index in [1.54, 1.807) is 24.3 Å². The number of para-hydroxylation sites is 1. The van der Waals surface area contributed by atoms with E-state index in [0.717, 1.165) is 23.2 Å². The Morgan fingerprint density at radius 3 is 2.51 bits per heavy atom. The van der Waals surface area contributed by atoms with E-state index in [1.807, 2.05) is 32.0 Å². The zero-order chi connectivity index (χ0) is 29.1. The molecule has 210 valence electrons. The van der Waals surface area contributed by atoms with Gasteiger partial charge in [0.1, 0.15) is 12.1 Å². The van der Waals surface area contributed by atoms with Crippen molar-refractivity contribution in [3.05, 3.63) is 84.2 Å². The number of benzene rings is 3. The lowest BCUT2D eigenvalue weighted by atomic mass is 10.0. The molecule has 9 nitrogen and oxygen atoms in total. The second-order valence-corrected chi connectivity index (χ2v) is 9.85. The Morgan fingerprint density at radius 1 is 1.10 bits per heavy atom. The molecule has 1 aliphatic rings. The molecule has 0 spiro atoms. The smallest absolute Gasteiger partial charge is 0.406 e. The van der Waals surface area contributed by atoms with Gasteiger partial charge in [-0.05, 0) is 73.0 Å². The van der Waals surface area contributed by atoms with E-state index in [1.165, 1.54) is 51.9 Å². The van der Waals surface area contributed by atoms with Crippen LogP contribution in [0.3, 0.4) is 0 Å². The predicted molar refractivity (Wildman–Crippen MR) is 150 cm³/mol. The summed E-state index contributed by atoms with van der Waals surface area (Å²) in [6.45, 7) is 3.93. The zero-order valence-electron chi connectivity index (χ0n) is 21.8. The molecule has 1 aromatic heterocycles. The number of ether oxygens (including phenoxy) is 1. The van der Waals surface area contributed by atoms with Crippen LogP contribution in [0.5, 0.6) is 5.75 Å². The number of hydrogen-bond acceptors (Lipinski definition) is 6. The Morgan fingerprint density at radius 2 is 1.83 bits per heavy atom. The van der Waals surface area contributed by atoms with Gasteiger partial charge in [-0.1, -0.05) is 36.9 Å². The van der Waals surface area contributed by atoms with Gasteiger partial charge in [0.05, 0.1) is 17.1 Å². The van der Waals surface area contributed by atoms with Gasteiger partial charge in [0, 0.05) is 11.3 Å². The summed E-state index contributed by atoms with van der Waals surface area (Å²) in [5.74, 6) is 0.104. The van der Waals surface area contributed by atoms with E-state index in [2.05, 4.69) is 25.1 Å². The van der Waals surface area contributed by atoms with Crippen molar-refractivity contribution in [1.29, 1.82) is 0 Å². The van der Waals surface area contributed by atoms with Crippen molar-refractivity contribution < 1.29 is 27.5 Å². The third kappa shape index (κ3) is 6.40. The fourth-order valence-corrected chi connectivity index (χ4v) is 5.10. The molecule has 2 heterocycles. The Hall–Kier alpha value is -4.65. The average molecular weight is 581 g/mol.